The molecule has 33 heavy (non-hydrogen) atoms. The number of benzene rings is 3. The van der Waals surface area contributed by atoms with E-state index < -0.39 is 0 Å². The van der Waals surface area contributed by atoms with E-state index in [-0.39, 0.29) is 5.48 Å². The number of ether oxygens (including phenoxy) is 1. The number of rotatable bonds is 6. The normalized spacial score (nSPS) is 11.2. The molecule has 0 amide bonds. The molecule has 2 aromatic heterocycles. The summed E-state index contributed by atoms with van der Waals surface area (Å²) in [6.45, 7) is 3.70. The van der Waals surface area contributed by atoms with Gasteiger partial charge in [0.1, 0.15) is 12.4 Å². The molecule has 2 N–H and O–H groups in total. The molecule has 0 aliphatic rings. The van der Waals surface area contributed by atoms with Crippen molar-refractivity contribution < 1.29 is 10.2 Å². The molecular formula is C27H28N4O2. The molecular weight excluding hydrogens is 412 g/mol. The molecule has 0 saturated heterocycles. The Hall–Kier alpha value is -3.74. The lowest BCUT2D eigenvalue weighted by atomic mass is 9.97. The van der Waals surface area contributed by atoms with Crippen LogP contribution in [0.1, 0.15) is 5.56 Å². The Morgan fingerprint density at radius 3 is 2.36 bits per heavy atom. The van der Waals surface area contributed by atoms with E-state index in [2.05, 4.69) is 65.5 Å². The highest BCUT2D eigenvalue weighted by Crippen LogP contribution is 2.33. The molecule has 0 spiro atoms. The van der Waals surface area contributed by atoms with Crippen LogP contribution in [-0.2, 0) is 0 Å². The maximum atomic E-state index is 5.80. The van der Waals surface area contributed by atoms with E-state index in [9.17, 15) is 0 Å². The molecule has 0 unspecified atom stereocenters. The van der Waals surface area contributed by atoms with Crippen molar-refractivity contribution in [2.24, 2.45) is 0 Å². The second kappa shape index (κ2) is 9.40. The van der Waals surface area contributed by atoms with E-state index in [0.717, 1.165) is 40.2 Å². The lowest BCUT2D eigenvalue weighted by molar-refractivity contribution is 0.261. The van der Waals surface area contributed by atoms with Crippen LogP contribution in [0.3, 0.4) is 0 Å². The van der Waals surface area contributed by atoms with Crippen LogP contribution in [0.15, 0.2) is 79.3 Å². The molecule has 0 radical (unpaired) electrons. The fourth-order valence-electron chi connectivity index (χ4n) is 3.99. The van der Waals surface area contributed by atoms with Crippen molar-refractivity contribution in [1.82, 2.24) is 19.5 Å². The van der Waals surface area contributed by atoms with Crippen molar-refractivity contribution in [3.05, 3.63) is 84.8 Å². The van der Waals surface area contributed by atoms with Crippen molar-refractivity contribution in [3.63, 3.8) is 0 Å². The van der Waals surface area contributed by atoms with E-state index >= 15 is 0 Å². The number of likely N-dealkylation sites (N-methyl/N-ethyl adjacent to an activating group) is 1. The summed E-state index contributed by atoms with van der Waals surface area (Å²) in [4.78, 5) is 6.88. The molecule has 0 fully saturated rings. The maximum Gasteiger partial charge on any atom is 0.162 e. The Morgan fingerprint density at radius 1 is 0.848 bits per heavy atom. The fourth-order valence-corrected chi connectivity index (χ4v) is 3.99. The van der Waals surface area contributed by atoms with Gasteiger partial charge in [0.25, 0.3) is 0 Å². The van der Waals surface area contributed by atoms with Crippen LogP contribution in [0.5, 0.6) is 5.75 Å². The molecule has 5 rings (SSSR count). The van der Waals surface area contributed by atoms with Crippen LogP contribution in [0.25, 0.3) is 38.7 Å². The van der Waals surface area contributed by atoms with Crippen molar-refractivity contribution in [2.75, 3.05) is 27.2 Å². The average molecular weight is 441 g/mol. The van der Waals surface area contributed by atoms with Crippen LogP contribution < -0.4 is 4.74 Å². The maximum absolute atomic E-state index is 5.80. The van der Waals surface area contributed by atoms with Gasteiger partial charge in [0.15, 0.2) is 5.65 Å². The summed E-state index contributed by atoms with van der Waals surface area (Å²) < 4.78 is 7.66. The van der Waals surface area contributed by atoms with Gasteiger partial charge in [0, 0.05) is 30.1 Å². The third-order valence-electron chi connectivity index (χ3n) is 5.78. The Morgan fingerprint density at radius 2 is 1.61 bits per heavy atom. The molecule has 0 bridgehead atoms. The molecule has 3 aromatic carbocycles. The largest absolute Gasteiger partial charge is 0.492 e. The van der Waals surface area contributed by atoms with Gasteiger partial charge in [-0.25, -0.2) is 9.50 Å². The quantitative estimate of drug-likeness (QED) is 0.385. The summed E-state index contributed by atoms with van der Waals surface area (Å²) in [5, 5.41) is 7.09. The van der Waals surface area contributed by atoms with Crippen LogP contribution in [-0.4, -0.2) is 52.2 Å². The first kappa shape index (κ1) is 22.5. The molecule has 0 saturated carbocycles. The van der Waals surface area contributed by atoms with E-state index in [0.29, 0.717) is 6.61 Å². The fraction of sp³-hybridized carbons (Fsp3) is 0.185. The number of fused-ring (bicyclic) bond motifs is 2. The first-order chi connectivity index (χ1) is 15.6. The smallest absolute Gasteiger partial charge is 0.162 e. The van der Waals surface area contributed by atoms with Gasteiger partial charge in [-0.1, -0.05) is 48.5 Å². The molecule has 0 atom stereocenters. The van der Waals surface area contributed by atoms with E-state index in [1.54, 1.807) is 0 Å². The number of hydrogen-bond donors (Lipinski definition) is 0. The van der Waals surface area contributed by atoms with Gasteiger partial charge in [0.2, 0.25) is 0 Å². The van der Waals surface area contributed by atoms with Gasteiger partial charge in [-0.05, 0) is 60.6 Å². The molecule has 168 valence electrons. The van der Waals surface area contributed by atoms with Gasteiger partial charge in [-0.15, -0.1) is 0 Å². The monoisotopic (exact) mass is 440 g/mol. The Bertz CT molecular complexity index is 1390. The zero-order chi connectivity index (χ0) is 22.1. The molecule has 2 heterocycles. The van der Waals surface area contributed by atoms with E-state index in [4.69, 9.17) is 9.72 Å². The predicted molar refractivity (Wildman–Crippen MR) is 134 cm³/mol. The first-order valence-electron chi connectivity index (χ1n) is 10.8. The first-order valence-corrected chi connectivity index (χ1v) is 10.8. The van der Waals surface area contributed by atoms with E-state index in [1.165, 1.54) is 16.3 Å². The zero-order valence-corrected chi connectivity index (χ0v) is 19.1. The Labute approximate surface area is 193 Å². The number of aryl methyl sites for hydroxylation is 1. The van der Waals surface area contributed by atoms with Crippen molar-refractivity contribution in [2.45, 2.75) is 6.92 Å². The van der Waals surface area contributed by atoms with Gasteiger partial charge < -0.3 is 15.1 Å². The Kier molecular flexibility index (Phi) is 6.40. The van der Waals surface area contributed by atoms with Gasteiger partial charge in [-0.3, -0.25) is 0 Å². The van der Waals surface area contributed by atoms with Crippen LogP contribution >= 0.6 is 0 Å². The number of nitrogens with zero attached hydrogens (tertiary/aromatic N) is 4. The zero-order valence-electron chi connectivity index (χ0n) is 19.1. The summed E-state index contributed by atoms with van der Waals surface area (Å²) >= 11 is 0. The lowest BCUT2D eigenvalue weighted by Gasteiger charge is -2.11. The summed E-state index contributed by atoms with van der Waals surface area (Å²) in [6.07, 6.45) is 5.85. The third-order valence-corrected chi connectivity index (χ3v) is 5.78. The standard InChI is InChI=1S/C27H26N4O.H2O/c1-19-8-13-25(24-7-5-4-6-23(19)24)26-17-29-31-18-21(16-28-27(26)31)20-9-11-22(12-10-20)32-15-14-30(2)3;/h4-13,16-18H,14-15H2,1-3H3;1H2. The number of hydrogen-bond acceptors (Lipinski definition) is 4. The van der Waals surface area contributed by atoms with Gasteiger partial charge in [-0.2, -0.15) is 5.10 Å². The summed E-state index contributed by atoms with van der Waals surface area (Å²) in [5.74, 6) is 0.872. The average Bonchev–Trinajstić information content (AvgIpc) is 3.23. The van der Waals surface area contributed by atoms with Crippen LogP contribution in [0.2, 0.25) is 0 Å². The van der Waals surface area contributed by atoms with Gasteiger partial charge in [0.05, 0.1) is 6.20 Å². The second-order valence-electron chi connectivity index (χ2n) is 8.32. The Balaban J connectivity index is 0.00000259. The SMILES string of the molecule is Cc1ccc(-c2cnn3cc(-c4ccc(OCCN(C)C)cc4)cnc23)c2ccccc12.O. The molecule has 6 nitrogen and oxygen atoms in total. The summed E-state index contributed by atoms with van der Waals surface area (Å²) in [7, 11) is 4.08. The van der Waals surface area contributed by atoms with Crippen LogP contribution in [0, 0.1) is 6.92 Å². The third kappa shape index (κ3) is 4.44. The molecule has 0 aliphatic carbocycles. The molecule has 0 aliphatic heterocycles. The van der Waals surface area contributed by atoms with Crippen molar-refractivity contribution >= 4 is 16.4 Å². The lowest BCUT2D eigenvalue weighted by Crippen LogP contribution is -2.19. The van der Waals surface area contributed by atoms with Crippen LogP contribution in [0.4, 0.5) is 0 Å². The minimum absolute atomic E-state index is 0. The molecule has 5 aromatic rings. The predicted octanol–water partition coefficient (Wildman–Crippen LogP) is 4.64. The highest BCUT2D eigenvalue weighted by Gasteiger charge is 2.13. The van der Waals surface area contributed by atoms with Crippen molar-refractivity contribution in [3.8, 4) is 28.0 Å². The molecule has 6 heteroatoms. The highest BCUT2D eigenvalue weighted by molar-refractivity contribution is 6.01. The summed E-state index contributed by atoms with van der Waals surface area (Å²) in [6, 6.07) is 20.9. The van der Waals surface area contributed by atoms with Crippen molar-refractivity contribution in [1.29, 1.82) is 0 Å². The number of aromatic nitrogens is 3. The minimum Gasteiger partial charge on any atom is -0.492 e. The highest BCUT2D eigenvalue weighted by atomic mass is 16.5. The minimum atomic E-state index is 0. The van der Waals surface area contributed by atoms with E-state index in [1.807, 2.05) is 49.3 Å². The summed E-state index contributed by atoms with van der Waals surface area (Å²) in [5.41, 5.74) is 6.41. The second-order valence-corrected chi connectivity index (χ2v) is 8.32. The van der Waals surface area contributed by atoms with Gasteiger partial charge >= 0.3 is 0 Å². The topological polar surface area (TPSA) is 74.2 Å².